The molecule has 4 heteroatoms. The number of benzene rings is 1. The van der Waals surface area contributed by atoms with Crippen molar-refractivity contribution < 1.29 is 9.90 Å². The van der Waals surface area contributed by atoms with Gasteiger partial charge in [-0.2, -0.15) is 0 Å². The summed E-state index contributed by atoms with van der Waals surface area (Å²) in [4.78, 5) is 16.4. The van der Waals surface area contributed by atoms with E-state index in [9.17, 15) is 4.79 Å². The summed E-state index contributed by atoms with van der Waals surface area (Å²) < 4.78 is 0. The van der Waals surface area contributed by atoms with Crippen molar-refractivity contribution in [3.8, 4) is 11.8 Å². The van der Waals surface area contributed by atoms with Gasteiger partial charge in [0.2, 0.25) is 0 Å². The van der Waals surface area contributed by atoms with Crippen molar-refractivity contribution in [2.24, 2.45) is 0 Å². The molecule has 0 bridgehead atoms. The second-order valence-corrected chi connectivity index (χ2v) is 4.49. The normalized spacial score (nSPS) is 11.1. The van der Waals surface area contributed by atoms with Crippen molar-refractivity contribution in [2.45, 2.75) is 13.0 Å². The Balaban J connectivity index is 2.17. The number of aliphatic hydroxyl groups is 1. The lowest BCUT2D eigenvalue weighted by atomic mass is 10.1. The van der Waals surface area contributed by atoms with E-state index in [4.69, 9.17) is 5.11 Å². The summed E-state index contributed by atoms with van der Waals surface area (Å²) >= 11 is 0. The number of amides is 1. The predicted molar refractivity (Wildman–Crippen MR) is 80.5 cm³/mol. The maximum Gasteiger partial charge on any atom is 0.253 e. The van der Waals surface area contributed by atoms with Crippen molar-refractivity contribution in [3.63, 3.8) is 0 Å². The lowest BCUT2D eigenvalue weighted by molar-refractivity contribution is 0.0939. The Labute approximate surface area is 123 Å². The van der Waals surface area contributed by atoms with Gasteiger partial charge in [0.25, 0.3) is 5.91 Å². The topological polar surface area (TPSA) is 62.2 Å². The summed E-state index contributed by atoms with van der Waals surface area (Å²) in [5.74, 6) is 5.14. The second kappa shape index (κ2) is 7.22. The van der Waals surface area contributed by atoms with Gasteiger partial charge in [-0.3, -0.25) is 9.78 Å². The van der Waals surface area contributed by atoms with Crippen molar-refractivity contribution in [1.82, 2.24) is 10.3 Å². The van der Waals surface area contributed by atoms with Crippen molar-refractivity contribution in [3.05, 3.63) is 65.5 Å². The van der Waals surface area contributed by atoms with E-state index in [1.54, 1.807) is 30.6 Å². The number of aromatic nitrogens is 1. The predicted octanol–water partition coefficient (Wildman–Crippen LogP) is 1.92. The van der Waals surface area contributed by atoms with Crippen molar-refractivity contribution in [2.75, 3.05) is 6.61 Å². The molecule has 21 heavy (non-hydrogen) atoms. The summed E-state index contributed by atoms with van der Waals surface area (Å²) in [7, 11) is 0. The molecule has 1 aromatic heterocycles. The largest absolute Gasteiger partial charge is 0.384 e. The molecule has 1 aromatic carbocycles. The van der Waals surface area contributed by atoms with Crippen LogP contribution in [-0.4, -0.2) is 22.6 Å². The number of rotatable bonds is 3. The first kappa shape index (κ1) is 14.8. The van der Waals surface area contributed by atoms with Gasteiger partial charge in [0.1, 0.15) is 6.61 Å². The molecule has 1 amide bonds. The van der Waals surface area contributed by atoms with E-state index in [0.717, 1.165) is 5.56 Å². The third-order valence-corrected chi connectivity index (χ3v) is 3.01. The fourth-order valence-electron chi connectivity index (χ4n) is 1.91. The minimum Gasteiger partial charge on any atom is -0.384 e. The third-order valence-electron chi connectivity index (χ3n) is 3.01. The van der Waals surface area contributed by atoms with Gasteiger partial charge < -0.3 is 10.4 Å². The van der Waals surface area contributed by atoms with Gasteiger partial charge in [0, 0.05) is 18.0 Å². The van der Waals surface area contributed by atoms with Crippen LogP contribution in [0.2, 0.25) is 0 Å². The van der Waals surface area contributed by atoms with E-state index >= 15 is 0 Å². The standard InChI is InChI=1S/C17H16N2O2/c1-13(15-7-4-10-18-12-15)19-17(21)16-9-3-2-6-14(16)8-5-11-20/h2-4,6-7,9-10,12-13,20H,11H2,1H3,(H,19,21). The molecule has 0 saturated heterocycles. The Kier molecular flexibility index (Phi) is 5.08. The second-order valence-electron chi connectivity index (χ2n) is 4.49. The summed E-state index contributed by atoms with van der Waals surface area (Å²) in [6.45, 7) is 1.67. The number of nitrogens with zero attached hydrogens (tertiary/aromatic N) is 1. The monoisotopic (exact) mass is 280 g/mol. The Morgan fingerprint density at radius 3 is 2.86 bits per heavy atom. The number of aliphatic hydroxyl groups excluding tert-OH is 1. The molecule has 106 valence electrons. The first-order valence-electron chi connectivity index (χ1n) is 6.62. The van der Waals surface area contributed by atoms with E-state index < -0.39 is 0 Å². The van der Waals surface area contributed by atoms with Gasteiger partial charge >= 0.3 is 0 Å². The fraction of sp³-hybridized carbons (Fsp3) is 0.176. The molecule has 4 nitrogen and oxygen atoms in total. The zero-order chi connectivity index (χ0) is 15.1. The maximum atomic E-state index is 12.4. The van der Waals surface area contributed by atoms with Crippen molar-refractivity contribution in [1.29, 1.82) is 0 Å². The first-order valence-corrected chi connectivity index (χ1v) is 6.62. The molecule has 0 radical (unpaired) electrons. The van der Waals surface area contributed by atoms with Gasteiger partial charge in [0.15, 0.2) is 0 Å². The molecule has 2 N–H and O–H groups in total. The zero-order valence-corrected chi connectivity index (χ0v) is 11.7. The Morgan fingerprint density at radius 1 is 1.33 bits per heavy atom. The Bertz CT molecular complexity index is 672. The average molecular weight is 280 g/mol. The molecule has 0 saturated carbocycles. The molecule has 2 aromatic rings. The molecule has 1 heterocycles. The molecular formula is C17H16N2O2. The molecule has 0 aliphatic rings. The van der Waals surface area contributed by atoms with Crippen LogP contribution in [-0.2, 0) is 0 Å². The van der Waals surface area contributed by atoms with Gasteiger partial charge in [-0.1, -0.05) is 30.0 Å². The number of nitrogens with one attached hydrogen (secondary N) is 1. The number of carbonyl (C=O) groups is 1. The van der Waals surface area contributed by atoms with Crippen LogP contribution >= 0.6 is 0 Å². The van der Waals surface area contributed by atoms with Crippen LogP contribution < -0.4 is 5.32 Å². The van der Waals surface area contributed by atoms with Crippen LogP contribution in [0, 0.1) is 11.8 Å². The molecule has 0 spiro atoms. The van der Waals surface area contributed by atoms with E-state index in [2.05, 4.69) is 22.1 Å². The molecule has 2 rings (SSSR count). The van der Waals surface area contributed by atoms with E-state index in [1.165, 1.54) is 0 Å². The van der Waals surface area contributed by atoms with Gasteiger partial charge in [-0.25, -0.2) is 0 Å². The average Bonchev–Trinajstić information content (AvgIpc) is 2.54. The summed E-state index contributed by atoms with van der Waals surface area (Å²) in [5, 5.41) is 11.7. The molecular weight excluding hydrogens is 264 g/mol. The van der Waals surface area contributed by atoms with Crippen LogP contribution in [0.1, 0.15) is 34.5 Å². The summed E-state index contributed by atoms with van der Waals surface area (Å²) in [6.07, 6.45) is 3.42. The highest BCUT2D eigenvalue weighted by Crippen LogP contribution is 2.13. The Morgan fingerprint density at radius 2 is 2.14 bits per heavy atom. The van der Waals surface area contributed by atoms with Crippen LogP contribution in [0.4, 0.5) is 0 Å². The number of carbonyl (C=O) groups excluding carboxylic acids is 1. The van der Waals surface area contributed by atoms with Gasteiger partial charge in [0.05, 0.1) is 11.6 Å². The quantitative estimate of drug-likeness (QED) is 0.844. The van der Waals surface area contributed by atoms with E-state index in [-0.39, 0.29) is 18.6 Å². The van der Waals surface area contributed by atoms with Crippen LogP contribution in [0.5, 0.6) is 0 Å². The molecule has 1 unspecified atom stereocenters. The number of pyridine rings is 1. The van der Waals surface area contributed by atoms with Gasteiger partial charge in [-0.05, 0) is 30.7 Å². The lowest BCUT2D eigenvalue weighted by Crippen LogP contribution is -2.27. The zero-order valence-electron chi connectivity index (χ0n) is 11.7. The minimum atomic E-state index is -0.234. The first-order chi connectivity index (χ1) is 10.2. The number of hydrogen-bond acceptors (Lipinski definition) is 3. The van der Waals surface area contributed by atoms with E-state index in [1.807, 2.05) is 25.1 Å². The highest BCUT2D eigenvalue weighted by molar-refractivity contribution is 5.96. The highest BCUT2D eigenvalue weighted by Gasteiger charge is 2.13. The van der Waals surface area contributed by atoms with E-state index in [0.29, 0.717) is 11.1 Å². The summed E-state index contributed by atoms with van der Waals surface area (Å²) in [6, 6.07) is 10.7. The van der Waals surface area contributed by atoms with Crippen LogP contribution in [0.25, 0.3) is 0 Å². The number of hydrogen-bond donors (Lipinski definition) is 2. The lowest BCUT2D eigenvalue weighted by Gasteiger charge is -2.14. The molecule has 0 fully saturated rings. The smallest absolute Gasteiger partial charge is 0.253 e. The molecule has 0 aliphatic carbocycles. The SMILES string of the molecule is CC(NC(=O)c1ccccc1C#CCO)c1cccnc1. The highest BCUT2D eigenvalue weighted by atomic mass is 16.2. The maximum absolute atomic E-state index is 12.4. The summed E-state index contributed by atoms with van der Waals surface area (Å²) in [5.41, 5.74) is 2.03. The fourth-order valence-corrected chi connectivity index (χ4v) is 1.91. The van der Waals surface area contributed by atoms with Crippen LogP contribution in [0.3, 0.4) is 0 Å². The molecule has 0 aliphatic heterocycles. The van der Waals surface area contributed by atoms with Crippen molar-refractivity contribution >= 4 is 5.91 Å². The minimum absolute atomic E-state index is 0.148. The van der Waals surface area contributed by atoms with Crippen LogP contribution in [0.15, 0.2) is 48.8 Å². The Hall–Kier alpha value is -2.64. The van der Waals surface area contributed by atoms with Gasteiger partial charge in [-0.15, -0.1) is 0 Å². The molecule has 1 atom stereocenters. The third kappa shape index (κ3) is 3.91.